The first-order valence-corrected chi connectivity index (χ1v) is 6.79. The van der Waals surface area contributed by atoms with Gasteiger partial charge in [0, 0.05) is 24.7 Å². The van der Waals surface area contributed by atoms with Crippen molar-refractivity contribution in [3.8, 4) is 0 Å². The third kappa shape index (κ3) is 2.78. The fourth-order valence-electron chi connectivity index (χ4n) is 2.56. The van der Waals surface area contributed by atoms with Gasteiger partial charge in [-0.15, -0.1) is 0 Å². The highest BCUT2D eigenvalue weighted by molar-refractivity contribution is 6.39. The van der Waals surface area contributed by atoms with E-state index in [2.05, 4.69) is 11.8 Å². The molecule has 2 rings (SSSR count). The zero-order valence-corrected chi connectivity index (χ0v) is 12.0. The Kier molecular flexibility index (Phi) is 4.18. The van der Waals surface area contributed by atoms with E-state index in [1.54, 1.807) is 0 Å². The fourth-order valence-corrected chi connectivity index (χ4v) is 3.25. The van der Waals surface area contributed by atoms with E-state index >= 15 is 0 Å². The maximum Gasteiger partial charge on any atom is 0.272 e. The molecule has 0 saturated carbocycles. The Morgan fingerprint density at radius 3 is 2.47 bits per heavy atom. The van der Waals surface area contributed by atoms with Crippen LogP contribution in [-0.4, -0.2) is 24.1 Å². The van der Waals surface area contributed by atoms with Gasteiger partial charge in [0.05, 0.1) is 20.7 Å². The van der Waals surface area contributed by atoms with Crippen LogP contribution in [0.2, 0.25) is 10.0 Å². The number of nitro groups is 1. The van der Waals surface area contributed by atoms with E-state index in [4.69, 9.17) is 28.9 Å². The van der Waals surface area contributed by atoms with Crippen LogP contribution in [0.3, 0.4) is 0 Å². The van der Waals surface area contributed by atoms with Crippen molar-refractivity contribution in [2.75, 3.05) is 18.0 Å². The number of halogens is 2. The van der Waals surface area contributed by atoms with Crippen LogP contribution >= 0.6 is 23.2 Å². The highest BCUT2D eigenvalue weighted by Crippen LogP contribution is 2.41. The van der Waals surface area contributed by atoms with E-state index in [0.29, 0.717) is 28.2 Å². The zero-order chi connectivity index (χ0) is 14.2. The number of hydrogen-bond acceptors (Lipinski definition) is 4. The van der Waals surface area contributed by atoms with Gasteiger partial charge in [-0.25, -0.2) is 0 Å². The molecular weight excluding hydrogens is 289 g/mol. The van der Waals surface area contributed by atoms with E-state index in [-0.39, 0.29) is 11.7 Å². The van der Waals surface area contributed by atoms with Crippen molar-refractivity contribution in [1.29, 1.82) is 0 Å². The number of nitro benzene ring substituents is 1. The Morgan fingerprint density at radius 1 is 1.47 bits per heavy atom. The second kappa shape index (κ2) is 5.53. The topological polar surface area (TPSA) is 72.4 Å². The van der Waals surface area contributed by atoms with E-state index in [9.17, 15) is 10.1 Å². The number of rotatable bonds is 3. The molecule has 7 heteroatoms. The van der Waals surface area contributed by atoms with Crippen molar-refractivity contribution >= 4 is 34.6 Å². The van der Waals surface area contributed by atoms with Crippen LogP contribution in [0.25, 0.3) is 0 Å². The van der Waals surface area contributed by atoms with Gasteiger partial charge in [-0.05, 0) is 25.8 Å². The standard InChI is InChI=1S/C12H15Cl2N3O2/c1-7-2-8(5-15)6-16(7)12-10(13)3-9(17(18)19)4-11(12)14/h3-4,7-8H,2,5-6,15H2,1H3. The fraction of sp³-hybridized carbons (Fsp3) is 0.500. The molecule has 5 nitrogen and oxygen atoms in total. The first-order valence-electron chi connectivity index (χ1n) is 6.04. The molecule has 0 bridgehead atoms. The average molecular weight is 304 g/mol. The van der Waals surface area contributed by atoms with Crippen LogP contribution in [0.4, 0.5) is 11.4 Å². The molecule has 1 fully saturated rings. The molecule has 1 aromatic rings. The molecule has 0 amide bonds. The highest BCUT2D eigenvalue weighted by atomic mass is 35.5. The van der Waals surface area contributed by atoms with Gasteiger partial charge in [-0.3, -0.25) is 10.1 Å². The van der Waals surface area contributed by atoms with Crippen molar-refractivity contribution < 1.29 is 4.92 Å². The summed E-state index contributed by atoms with van der Waals surface area (Å²) >= 11 is 12.3. The second-order valence-corrected chi connectivity index (χ2v) is 5.67. The van der Waals surface area contributed by atoms with Gasteiger partial charge >= 0.3 is 0 Å². The second-order valence-electron chi connectivity index (χ2n) is 4.85. The number of nitrogens with zero attached hydrogens (tertiary/aromatic N) is 2. The van der Waals surface area contributed by atoms with Gasteiger partial charge in [0.25, 0.3) is 5.69 Å². The predicted octanol–water partition coefficient (Wildman–Crippen LogP) is 3.08. The lowest BCUT2D eigenvalue weighted by Gasteiger charge is -2.26. The quantitative estimate of drug-likeness (QED) is 0.688. The van der Waals surface area contributed by atoms with Crippen LogP contribution in [0.1, 0.15) is 13.3 Å². The van der Waals surface area contributed by atoms with Crippen LogP contribution < -0.4 is 10.6 Å². The summed E-state index contributed by atoms with van der Waals surface area (Å²) in [5.41, 5.74) is 6.26. The summed E-state index contributed by atoms with van der Waals surface area (Å²) in [6.07, 6.45) is 0.972. The molecule has 0 aromatic heterocycles. The lowest BCUT2D eigenvalue weighted by atomic mass is 10.1. The molecular formula is C12H15Cl2N3O2. The van der Waals surface area contributed by atoms with Crippen LogP contribution in [0, 0.1) is 16.0 Å². The summed E-state index contributed by atoms with van der Waals surface area (Å²) < 4.78 is 0. The van der Waals surface area contributed by atoms with Gasteiger partial charge in [-0.1, -0.05) is 23.2 Å². The Bertz CT molecular complexity index is 487. The summed E-state index contributed by atoms with van der Waals surface area (Å²) in [4.78, 5) is 12.3. The Hall–Kier alpha value is -1.04. The van der Waals surface area contributed by atoms with E-state index < -0.39 is 4.92 Å². The first kappa shape index (κ1) is 14.4. The van der Waals surface area contributed by atoms with Gasteiger partial charge < -0.3 is 10.6 Å². The van der Waals surface area contributed by atoms with Crippen LogP contribution in [0.5, 0.6) is 0 Å². The number of hydrogen-bond donors (Lipinski definition) is 1. The Morgan fingerprint density at radius 2 is 2.05 bits per heavy atom. The number of anilines is 1. The molecule has 2 atom stereocenters. The number of nitrogens with two attached hydrogens (primary N) is 1. The summed E-state index contributed by atoms with van der Waals surface area (Å²) in [5.74, 6) is 0.400. The molecule has 1 heterocycles. The minimum atomic E-state index is -0.502. The third-order valence-electron chi connectivity index (χ3n) is 3.49. The highest BCUT2D eigenvalue weighted by Gasteiger charge is 2.31. The summed E-state index contributed by atoms with van der Waals surface area (Å²) in [5, 5.41) is 11.4. The monoisotopic (exact) mass is 303 g/mol. The normalized spacial score (nSPS) is 22.8. The minimum absolute atomic E-state index is 0.0963. The van der Waals surface area contributed by atoms with Gasteiger partial charge in [-0.2, -0.15) is 0 Å². The van der Waals surface area contributed by atoms with E-state index in [1.807, 2.05) is 0 Å². The van der Waals surface area contributed by atoms with Crippen LogP contribution in [-0.2, 0) is 0 Å². The van der Waals surface area contributed by atoms with Gasteiger partial charge in [0.2, 0.25) is 0 Å². The molecule has 1 aliphatic heterocycles. The molecule has 104 valence electrons. The molecule has 19 heavy (non-hydrogen) atoms. The number of non-ortho nitro benzene ring substituents is 1. The molecule has 1 saturated heterocycles. The molecule has 2 unspecified atom stereocenters. The summed E-state index contributed by atoms with van der Waals surface area (Å²) in [6, 6.07) is 2.95. The molecule has 2 N–H and O–H groups in total. The minimum Gasteiger partial charge on any atom is -0.366 e. The van der Waals surface area contributed by atoms with Crippen molar-refractivity contribution in [3.05, 3.63) is 32.3 Å². The van der Waals surface area contributed by atoms with Crippen molar-refractivity contribution in [2.45, 2.75) is 19.4 Å². The van der Waals surface area contributed by atoms with Crippen molar-refractivity contribution in [1.82, 2.24) is 0 Å². The zero-order valence-electron chi connectivity index (χ0n) is 10.5. The number of benzene rings is 1. The van der Waals surface area contributed by atoms with E-state index in [1.165, 1.54) is 12.1 Å². The smallest absolute Gasteiger partial charge is 0.272 e. The van der Waals surface area contributed by atoms with Crippen LogP contribution in [0.15, 0.2) is 12.1 Å². The Labute approximate surface area is 121 Å². The maximum absolute atomic E-state index is 10.8. The van der Waals surface area contributed by atoms with Crippen molar-refractivity contribution in [3.63, 3.8) is 0 Å². The molecule has 1 aliphatic rings. The van der Waals surface area contributed by atoms with Gasteiger partial charge in [0.15, 0.2) is 0 Å². The van der Waals surface area contributed by atoms with E-state index in [0.717, 1.165) is 13.0 Å². The Balaban J connectivity index is 2.38. The molecule has 1 aromatic carbocycles. The predicted molar refractivity (Wildman–Crippen MR) is 77.1 cm³/mol. The summed E-state index contributed by atoms with van der Waals surface area (Å²) in [6.45, 7) is 3.46. The lowest BCUT2D eigenvalue weighted by molar-refractivity contribution is -0.384. The lowest BCUT2D eigenvalue weighted by Crippen LogP contribution is -2.28. The molecule has 0 aliphatic carbocycles. The van der Waals surface area contributed by atoms with Gasteiger partial charge in [0.1, 0.15) is 0 Å². The maximum atomic E-state index is 10.8. The molecule has 0 spiro atoms. The SMILES string of the molecule is CC1CC(CN)CN1c1c(Cl)cc([N+](=O)[O-])cc1Cl. The average Bonchev–Trinajstić information content (AvgIpc) is 2.70. The van der Waals surface area contributed by atoms with Crippen molar-refractivity contribution in [2.24, 2.45) is 11.7 Å². The summed E-state index contributed by atoms with van der Waals surface area (Å²) in [7, 11) is 0. The first-order chi connectivity index (χ1) is 8.93. The molecule has 0 radical (unpaired) electrons. The largest absolute Gasteiger partial charge is 0.366 e. The third-order valence-corrected chi connectivity index (χ3v) is 4.07.